The summed E-state index contributed by atoms with van der Waals surface area (Å²) in [7, 11) is 1.67. The quantitative estimate of drug-likeness (QED) is 0.810. The Labute approximate surface area is 112 Å². The Kier molecular flexibility index (Phi) is 4.74. The molecule has 3 nitrogen and oxygen atoms in total. The Balaban J connectivity index is 2.90. The van der Waals surface area contributed by atoms with E-state index in [-0.39, 0.29) is 5.54 Å². The minimum Gasteiger partial charge on any atom is -0.389 e. The Bertz CT molecular complexity index is 421. The van der Waals surface area contributed by atoms with Crippen LogP contribution in [0.1, 0.15) is 19.4 Å². The average Bonchev–Trinajstić information content (AvgIpc) is 2.20. The molecule has 3 N–H and O–H groups in total. The average molecular weight is 273 g/mol. The molecular formula is C12H17ClN2OS. The van der Waals surface area contributed by atoms with E-state index in [1.54, 1.807) is 13.2 Å². The fraction of sp³-hybridized carbons (Fsp3) is 0.417. The van der Waals surface area contributed by atoms with E-state index in [0.29, 0.717) is 16.6 Å². The largest absolute Gasteiger partial charge is 0.389 e. The van der Waals surface area contributed by atoms with E-state index >= 15 is 0 Å². The van der Waals surface area contributed by atoms with Crippen LogP contribution in [0.2, 0.25) is 5.02 Å². The predicted molar refractivity (Wildman–Crippen MR) is 76.9 cm³/mol. The lowest BCUT2D eigenvalue weighted by Gasteiger charge is -2.27. The van der Waals surface area contributed by atoms with Crippen molar-refractivity contribution >= 4 is 34.5 Å². The highest BCUT2D eigenvalue weighted by Gasteiger charge is 2.18. The second-order valence-corrected chi connectivity index (χ2v) is 5.35. The molecule has 17 heavy (non-hydrogen) atoms. The van der Waals surface area contributed by atoms with Gasteiger partial charge in [-0.1, -0.05) is 23.8 Å². The Morgan fingerprint density at radius 3 is 2.65 bits per heavy atom. The lowest BCUT2D eigenvalue weighted by atomic mass is 10.1. The van der Waals surface area contributed by atoms with Gasteiger partial charge in [-0.05, 0) is 32.0 Å². The molecule has 1 rings (SSSR count). The Morgan fingerprint density at radius 2 is 2.18 bits per heavy atom. The molecule has 0 saturated heterocycles. The molecule has 0 aliphatic rings. The lowest BCUT2D eigenvalue weighted by Crippen LogP contribution is -2.36. The first-order valence-electron chi connectivity index (χ1n) is 5.22. The summed E-state index contributed by atoms with van der Waals surface area (Å²) in [6, 6.07) is 5.47. The number of hydrogen-bond donors (Lipinski definition) is 2. The number of benzene rings is 1. The third-order valence-corrected chi connectivity index (χ3v) is 2.78. The van der Waals surface area contributed by atoms with Crippen molar-refractivity contribution in [1.82, 2.24) is 0 Å². The van der Waals surface area contributed by atoms with Gasteiger partial charge in [0, 0.05) is 12.7 Å². The number of nitrogens with two attached hydrogens (primary N) is 1. The summed E-state index contributed by atoms with van der Waals surface area (Å²) in [6.07, 6.45) is 0. The van der Waals surface area contributed by atoms with E-state index in [1.807, 2.05) is 26.0 Å². The number of nitrogens with one attached hydrogen (secondary N) is 1. The summed E-state index contributed by atoms with van der Waals surface area (Å²) in [5, 5.41) is 3.91. The van der Waals surface area contributed by atoms with E-state index in [2.05, 4.69) is 5.32 Å². The van der Waals surface area contributed by atoms with Gasteiger partial charge in [0.15, 0.2) is 0 Å². The summed E-state index contributed by atoms with van der Waals surface area (Å²) >= 11 is 11.1. The first kappa shape index (κ1) is 14.2. The van der Waals surface area contributed by atoms with Gasteiger partial charge in [0.25, 0.3) is 0 Å². The number of rotatable bonds is 5. The van der Waals surface area contributed by atoms with Crippen molar-refractivity contribution in [2.45, 2.75) is 19.4 Å². The molecule has 0 saturated carbocycles. The molecule has 0 atom stereocenters. The van der Waals surface area contributed by atoms with Crippen LogP contribution in [-0.2, 0) is 4.74 Å². The van der Waals surface area contributed by atoms with Crippen LogP contribution in [0, 0.1) is 0 Å². The molecular weight excluding hydrogens is 256 g/mol. The molecule has 0 aliphatic heterocycles. The normalized spacial score (nSPS) is 11.3. The summed E-state index contributed by atoms with van der Waals surface area (Å²) in [4.78, 5) is 0.342. The van der Waals surface area contributed by atoms with E-state index in [9.17, 15) is 0 Å². The van der Waals surface area contributed by atoms with Gasteiger partial charge in [-0.2, -0.15) is 0 Å². The van der Waals surface area contributed by atoms with Gasteiger partial charge in [-0.15, -0.1) is 0 Å². The molecule has 1 aromatic rings. The van der Waals surface area contributed by atoms with E-state index < -0.39 is 0 Å². The van der Waals surface area contributed by atoms with Crippen LogP contribution in [0.25, 0.3) is 0 Å². The molecule has 0 heterocycles. The molecule has 0 amide bonds. The highest BCUT2D eigenvalue weighted by molar-refractivity contribution is 7.80. The number of hydrogen-bond acceptors (Lipinski definition) is 3. The zero-order valence-electron chi connectivity index (χ0n) is 10.2. The number of thiocarbonyl (C=S) groups is 1. The topological polar surface area (TPSA) is 47.3 Å². The van der Waals surface area contributed by atoms with Gasteiger partial charge in [-0.25, -0.2) is 0 Å². The van der Waals surface area contributed by atoms with Crippen molar-refractivity contribution in [3.63, 3.8) is 0 Å². The zero-order valence-corrected chi connectivity index (χ0v) is 11.8. The molecule has 0 aliphatic carbocycles. The van der Waals surface area contributed by atoms with E-state index in [1.165, 1.54) is 0 Å². The zero-order chi connectivity index (χ0) is 13.1. The molecule has 5 heteroatoms. The van der Waals surface area contributed by atoms with Crippen molar-refractivity contribution in [3.8, 4) is 0 Å². The van der Waals surface area contributed by atoms with Gasteiger partial charge in [0.05, 0.1) is 22.9 Å². The van der Waals surface area contributed by atoms with Gasteiger partial charge < -0.3 is 15.8 Å². The number of halogens is 1. The third kappa shape index (κ3) is 4.15. The van der Waals surface area contributed by atoms with Crippen LogP contribution < -0.4 is 11.1 Å². The Morgan fingerprint density at radius 1 is 1.53 bits per heavy atom. The lowest BCUT2D eigenvalue weighted by molar-refractivity contribution is 0.158. The smallest absolute Gasteiger partial charge is 0.104 e. The van der Waals surface area contributed by atoms with E-state index in [0.717, 1.165) is 11.3 Å². The second kappa shape index (κ2) is 5.67. The summed E-state index contributed by atoms with van der Waals surface area (Å²) in [6.45, 7) is 4.66. The fourth-order valence-corrected chi connectivity index (χ4v) is 1.89. The molecule has 1 aromatic carbocycles. The van der Waals surface area contributed by atoms with Gasteiger partial charge in [0.2, 0.25) is 0 Å². The van der Waals surface area contributed by atoms with Crippen molar-refractivity contribution in [2.24, 2.45) is 5.73 Å². The minimum absolute atomic E-state index is 0.191. The maximum absolute atomic E-state index is 6.16. The van der Waals surface area contributed by atoms with Crippen LogP contribution in [0.5, 0.6) is 0 Å². The SMILES string of the molecule is COCC(C)(C)Nc1ccc(C(N)=S)cc1Cl. The van der Waals surface area contributed by atoms with Crippen molar-refractivity contribution in [3.05, 3.63) is 28.8 Å². The molecule has 0 unspecified atom stereocenters. The minimum atomic E-state index is -0.191. The van der Waals surface area contributed by atoms with Crippen LogP contribution in [0.3, 0.4) is 0 Å². The second-order valence-electron chi connectivity index (χ2n) is 4.50. The van der Waals surface area contributed by atoms with Gasteiger partial charge in [0.1, 0.15) is 4.99 Å². The van der Waals surface area contributed by atoms with Crippen LogP contribution in [0.15, 0.2) is 18.2 Å². The molecule has 0 fully saturated rings. The van der Waals surface area contributed by atoms with Crippen molar-refractivity contribution in [1.29, 1.82) is 0 Å². The van der Waals surface area contributed by atoms with E-state index in [4.69, 9.17) is 34.3 Å². The summed E-state index contributed by atoms with van der Waals surface area (Å²) in [5.41, 5.74) is 6.95. The third-order valence-electron chi connectivity index (χ3n) is 2.23. The number of anilines is 1. The molecule has 94 valence electrons. The van der Waals surface area contributed by atoms with Crippen molar-refractivity contribution < 1.29 is 4.74 Å². The van der Waals surface area contributed by atoms with Gasteiger partial charge in [-0.3, -0.25) is 0 Å². The maximum Gasteiger partial charge on any atom is 0.104 e. The van der Waals surface area contributed by atoms with Crippen molar-refractivity contribution in [2.75, 3.05) is 19.0 Å². The number of methoxy groups -OCH3 is 1. The highest BCUT2D eigenvalue weighted by Crippen LogP contribution is 2.26. The summed E-state index contributed by atoms with van der Waals surface area (Å²) < 4.78 is 5.13. The monoisotopic (exact) mass is 272 g/mol. The summed E-state index contributed by atoms with van der Waals surface area (Å²) in [5.74, 6) is 0. The number of ether oxygens (including phenoxy) is 1. The first-order chi connectivity index (χ1) is 7.85. The molecule has 0 spiro atoms. The van der Waals surface area contributed by atoms with Gasteiger partial charge >= 0.3 is 0 Å². The fourth-order valence-electron chi connectivity index (χ4n) is 1.53. The van der Waals surface area contributed by atoms with Crippen LogP contribution >= 0.6 is 23.8 Å². The van der Waals surface area contributed by atoms with Crippen LogP contribution in [-0.4, -0.2) is 24.2 Å². The Hall–Kier alpha value is -0.840. The molecule has 0 bridgehead atoms. The predicted octanol–water partition coefficient (Wildman–Crippen LogP) is 2.81. The molecule has 0 aromatic heterocycles. The molecule has 0 radical (unpaired) electrons. The first-order valence-corrected chi connectivity index (χ1v) is 6.01. The van der Waals surface area contributed by atoms with Crippen LogP contribution in [0.4, 0.5) is 5.69 Å². The maximum atomic E-state index is 6.16. The standard InChI is InChI=1S/C12H17ClN2OS/c1-12(2,7-16-3)15-10-5-4-8(11(14)17)6-9(10)13/h4-6,15H,7H2,1-3H3,(H2,14,17). The highest BCUT2D eigenvalue weighted by atomic mass is 35.5.